The van der Waals surface area contributed by atoms with E-state index in [1.54, 1.807) is 6.07 Å². The molecule has 0 atom stereocenters. The molecule has 2 amide bonds. The Bertz CT molecular complexity index is 840. The zero-order chi connectivity index (χ0) is 20.0. The molecule has 0 spiro atoms. The molecular formula is C19H20F2N2O4. The van der Waals surface area contributed by atoms with Gasteiger partial charge < -0.3 is 20.1 Å². The molecule has 144 valence electrons. The van der Waals surface area contributed by atoms with Crippen LogP contribution < -0.4 is 20.1 Å². The quantitative estimate of drug-likeness (QED) is 0.775. The van der Waals surface area contributed by atoms with Crippen LogP contribution >= 0.6 is 0 Å². The molecule has 0 aliphatic carbocycles. The summed E-state index contributed by atoms with van der Waals surface area (Å²) in [6.45, 7) is 0.567. The molecule has 0 saturated carbocycles. The van der Waals surface area contributed by atoms with Crippen molar-refractivity contribution in [3.63, 3.8) is 0 Å². The number of methoxy groups -OCH3 is 1. The van der Waals surface area contributed by atoms with E-state index < -0.39 is 12.5 Å². The molecule has 2 aromatic carbocycles. The van der Waals surface area contributed by atoms with Gasteiger partial charge in [0.05, 0.1) is 13.7 Å². The zero-order valence-corrected chi connectivity index (χ0v) is 15.1. The Labute approximate surface area is 155 Å². The average molecular weight is 378 g/mol. The van der Waals surface area contributed by atoms with Crippen LogP contribution in [-0.4, -0.2) is 32.1 Å². The molecule has 0 heterocycles. The lowest BCUT2D eigenvalue weighted by Gasteiger charge is -2.12. The van der Waals surface area contributed by atoms with E-state index in [-0.39, 0.29) is 29.5 Å². The smallest absolute Gasteiger partial charge is 0.387 e. The first-order valence-corrected chi connectivity index (χ1v) is 8.08. The lowest BCUT2D eigenvalue weighted by Crippen LogP contribution is -2.33. The Morgan fingerprint density at radius 2 is 1.81 bits per heavy atom. The highest BCUT2D eigenvalue weighted by atomic mass is 19.3. The Morgan fingerprint density at radius 1 is 1.07 bits per heavy atom. The summed E-state index contributed by atoms with van der Waals surface area (Å²) in [7, 11) is 1.27. The third-order valence-electron chi connectivity index (χ3n) is 3.71. The third-order valence-corrected chi connectivity index (χ3v) is 3.71. The topological polar surface area (TPSA) is 76.7 Å². The summed E-state index contributed by atoms with van der Waals surface area (Å²) in [6.07, 6.45) is 0. The predicted octanol–water partition coefficient (Wildman–Crippen LogP) is 3.28. The summed E-state index contributed by atoms with van der Waals surface area (Å²) in [4.78, 5) is 24.2. The molecule has 0 aliphatic heterocycles. The number of hydrogen-bond acceptors (Lipinski definition) is 4. The fourth-order valence-electron chi connectivity index (χ4n) is 2.41. The number of aryl methyl sites for hydroxylation is 2. The van der Waals surface area contributed by atoms with Crippen molar-refractivity contribution >= 4 is 17.5 Å². The zero-order valence-electron chi connectivity index (χ0n) is 15.1. The van der Waals surface area contributed by atoms with E-state index in [9.17, 15) is 18.4 Å². The second-order valence-corrected chi connectivity index (χ2v) is 5.79. The van der Waals surface area contributed by atoms with Crippen LogP contribution in [0.15, 0.2) is 36.4 Å². The summed E-state index contributed by atoms with van der Waals surface area (Å²) in [5.41, 5.74) is 2.80. The molecule has 0 fully saturated rings. The lowest BCUT2D eigenvalue weighted by atomic mass is 10.1. The van der Waals surface area contributed by atoms with Gasteiger partial charge in [-0.3, -0.25) is 9.59 Å². The van der Waals surface area contributed by atoms with Gasteiger partial charge in [-0.15, -0.1) is 0 Å². The SMILES string of the molecule is COc1cc(C(=O)NCC(=O)Nc2ccc(C)cc2C)ccc1OC(F)F. The number of hydrogen-bond donors (Lipinski definition) is 2. The fraction of sp³-hybridized carbons (Fsp3) is 0.263. The first-order chi connectivity index (χ1) is 12.8. The second-order valence-electron chi connectivity index (χ2n) is 5.79. The second kappa shape index (κ2) is 8.98. The van der Waals surface area contributed by atoms with Crippen LogP contribution in [0.3, 0.4) is 0 Å². The van der Waals surface area contributed by atoms with Crippen LogP contribution in [0.4, 0.5) is 14.5 Å². The van der Waals surface area contributed by atoms with Gasteiger partial charge in [0.1, 0.15) is 0 Å². The molecular weight excluding hydrogens is 358 g/mol. The van der Waals surface area contributed by atoms with Crippen molar-refractivity contribution in [2.45, 2.75) is 20.5 Å². The monoisotopic (exact) mass is 378 g/mol. The van der Waals surface area contributed by atoms with Gasteiger partial charge in [0.2, 0.25) is 5.91 Å². The summed E-state index contributed by atoms with van der Waals surface area (Å²) >= 11 is 0. The van der Waals surface area contributed by atoms with E-state index in [4.69, 9.17) is 4.74 Å². The minimum Gasteiger partial charge on any atom is -0.493 e. The minimum absolute atomic E-state index is 0.0114. The molecule has 2 rings (SSSR count). The van der Waals surface area contributed by atoms with Crippen molar-refractivity contribution in [3.05, 3.63) is 53.1 Å². The van der Waals surface area contributed by atoms with Gasteiger partial charge in [-0.05, 0) is 43.7 Å². The number of halogens is 2. The molecule has 0 aromatic heterocycles. The number of nitrogens with one attached hydrogen (secondary N) is 2. The number of rotatable bonds is 7. The van der Waals surface area contributed by atoms with E-state index in [1.165, 1.54) is 25.3 Å². The van der Waals surface area contributed by atoms with Crippen LogP contribution in [0.2, 0.25) is 0 Å². The molecule has 0 aliphatic rings. The number of carbonyl (C=O) groups excluding carboxylic acids is 2. The van der Waals surface area contributed by atoms with Crippen LogP contribution in [-0.2, 0) is 4.79 Å². The highest BCUT2D eigenvalue weighted by Crippen LogP contribution is 2.29. The van der Waals surface area contributed by atoms with E-state index in [0.717, 1.165) is 11.1 Å². The van der Waals surface area contributed by atoms with Crippen molar-refractivity contribution in [2.75, 3.05) is 19.0 Å². The number of ether oxygens (including phenoxy) is 2. The Morgan fingerprint density at radius 3 is 2.44 bits per heavy atom. The lowest BCUT2D eigenvalue weighted by molar-refractivity contribution is -0.115. The summed E-state index contributed by atoms with van der Waals surface area (Å²) in [5.74, 6) is -1.13. The maximum absolute atomic E-state index is 12.3. The molecule has 2 aromatic rings. The van der Waals surface area contributed by atoms with Gasteiger partial charge in [0, 0.05) is 11.3 Å². The normalized spacial score (nSPS) is 10.4. The maximum atomic E-state index is 12.3. The van der Waals surface area contributed by atoms with E-state index >= 15 is 0 Å². The van der Waals surface area contributed by atoms with E-state index in [2.05, 4.69) is 15.4 Å². The molecule has 27 heavy (non-hydrogen) atoms. The van der Waals surface area contributed by atoms with E-state index in [1.807, 2.05) is 26.0 Å². The Hall–Kier alpha value is -3.16. The Balaban J connectivity index is 1.97. The van der Waals surface area contributed by atoms with Gasteiger partial charge in [-0.1, -0.05) is 17.7 Å². The number of amides is 2. The summed E-state index contributed by atoms with van der Waals surface area (Å²) < 4.78 is 33.9. The maximum Gasteiger partial charge on any atom is 0.387 e. The molecule has 0 saturated heterocycles. The number of benzene rings is 2. The predicted molar refractivity (Wildman–Crippen MR) is 96.5 cm³/mol. The van der Waals surface area contributed by atoms with Gasteiger partial charge in [-0.2, -0.15) is 8.78 Å². The number of anilines is 1. The molecule has 0 radical (unpaired) electrons. The Kier molecular flexibility index (Phi) is 6.70. The molecule has 0 unspecified atom stereocenters. The standard InChI is InChI=1S/C19H20F2N2O4/c1-11-4-6-14(12(2)8-11)23-17(24)10-22-18(25)13-5-7-15(27-19(20)21)16(9-13)26-3/h4-9,19H,10H2,1-3H3,(H,22,25)(H,23,24). The first kappa shape index (κ1) is 20.2. The van der Waals surface area contributed by atoms with Gasteiger partial charge in [-0.25, -0.2) is 0 Å². The number of carbonyl (C=O) groups is 2. The molecule has 8 heteroatoms. The first-order valence-electron chi connectivity index (χ1n) is 8.08. The third kappa shape index (κ3) is 5.67. The molecule has 2 N–H and O–H groups in total. The highest BCUT2D eigenvalue weighted by Gasteiger charge is 2.15. The minimum atomic E-state index is -3.01. The van der Waals surface area contributed by atoms with Crippen LogP contribution in [0.5, 0.6) is 11.5 Å². The van der Waals surface area contributed by atoms with Crippen LogP contribution in [0.25, 0.3) is 0 Å². The van der Waals surface area contributed by atoms with Gasteiger partial charge in [0.25, 0.3) is 5.91 Å². The highest BCUT2D eigenvalue weighted by molar-refractivity contribution is 5.99. The van der Waals surface area contributed by atoms with Crippen LogP contribution in [0.1, 0.15) is 21.5 Å². The van der Waals surface area contributed by atoms with Crippen LogP contribution in [0, 0.1) is 13.8 Å². The van der Waals surface area contributed by atoms with E-state index in [0.29, 0.717) is 5.69 Å². The van der Waals surface area contributed by atoms with Crippen molar-refractivity contribution in [2.24, 2.45) is 0 Å². The molecule has 0 bridgehead atoms. The van der Waals surface area contributed by atoms with Crippen molar-refractivity contribution in [1.29, 1.82) is 0 Å². The van der Waals surface area contributed by atoms with Crippen molar-refractivity contribution < 1.29 is 27.8 Å². The van der Waals surface area contributed by atoms with Gasteiger partial charge >= 0.3 is 6.61 Å². The van der Waals surface area contributed by atoms with Crippen molar-refractivity contribution in [3.8, 4) is 11.5 Å². The number of alkyl halides is 2. The molecule has 6 nitrogen and oxygen atoms in total. The summed E-state index contributed by atoms with van der Waals surface area (Å²) in [6, 6.07) is 9.36. The largest absolute Gasteiger partial charge is 0.493 e. The summed E-state index contributed by atoms with van der Waals surface area (Å²) in [5, 5.41) is 5.18. The van der Waals surface area contributed by atoms with Gasteiger partial charge in [0.15, 0.2) is 11.5 Å². The average Bonchev–Trinajstić information content (AvgIpc) is 2.62. The van der Waals surface area contributed by atoms with Crippen molar-refractivity contribution in [1.82, 2.24) is 5.32 Å². The fourth-order valence-corrected chi connectivity index (χ4v) is 2.41.